The van der Waals surface area contributed by atoms with Gasteiger partial charge in [-0.25, -0.2) is 0 Å². The lowest BCUT2D eigenvalue weighted by molar-refractivity contribution is -0.122. The van der Waals surface area contributed by atoms with Crippen LogP contribution in [0.3, 0.4) is 0 Å². The van der Waals surface area contributed by atoms with Gasteiger partial charge >= 0.3 is 0 Å². The molecule has 206 valence electrons. The Morgan fingerprint density at radius 3 is 2.74 bits per heavy atom. The van der Waals surface area contributed by atoms with Gasteiger partial charge in [0.05, 0.1) is 23.7 Å². The molecule has 2 aromatic rings. The van der Waals surface area contributed by atoms with Crippen molar-refractivity contribution >= 4 is 29.3 Å². The van der Waals surface area contributed by atoms with Crippen LogP contribution in [0.25, 0.3) is 0 Å². The van der Waals surface area contributed by atoms with Crippen LogP contribution in [0.4, 0.5) is 0 Å². The highest BCUT2D eigenvalue weighted by Gasteiger charge is 2.30. The van der Waals surface area contributed by atoms with Crippen molar-refractivity contribution in [2.75, 3.05) is 26.2 Å². The highest BCUT2D eigenvalue weighted by molar-refractivity contribution is 6.31. The molecule has 0 radical (unpaired) electrons. The molecule has 0 saturated carbocycles. The highest BCUT2D eigenvalue weighted by Crippen LogP contribution is 2.30. The lowest BCUT2D eigenvalue weighted by atomic mass is 9.94. The average Bonchev–Trinajstić information content (AvgIpc) is 3.20. The third-order valence-corrected chi connectivity index (χ3v) is 7.31. The number of halogens is 1. The first-order valence-electron chi connectivity index (χ1n) is 13.6. The van der Waals surface area contributed by atoms with Gasteiger partial charge in [-0.3, -0.25) is 14.4 Å². The lowest BCUT2D eigenvalue weighted by Crippen LogP contribution is -2.47. The molecule has 8 nitrogen and oxygen atoms in total. The fourth-order valence-corrected chi connectivity index (χ4v) is 5.47. The summed E-state index contributed by atoms with van der Waals surface area (Å²) >= 11 is 6.16. The molecule has 1 aliphatic carbocycles. The van der Waals surface area contributed by atoms with E-state index in [-0.39, 0.29) is 36.9 Å². The molecule has 1 atom stereocenters. The van der Waals surface area contributed by atoms with Crippen LogP contribution in [0.1, 0.15) is 83.8 Å². The number of carbonyl (C=O) groups excluding carboxylic acids is 3. The van der Waals surface area contributed by atoms with Gasteiger partial charge in [-0.1, -0.05) is 25.4 Å². The van der Waals surface area contributed by atoms with E-state index in [9.17, 15) is 14.4 Å². The molecule has 3 amide bonds. The SMILES string of the molecule is Cc1oc2c(c1C(=O)N1CCCCNC(=O)c3cc(Cl)ccc3OC[C@H](CC(C)C)NC(=O)C1)CCCC2. The smallest absolute Gasteiger partial charge is 0.258 e. The molecule has 38 heavy (non-hydrogen) atoms. The molecule has 4 rings (SSSR count). The van der Waals surface area contributed by atoms with E-state index in [1.54, 1.807) is 23.1 Å². The Balaban J connectivity index is 1.57. The van der Waals surface area contributed by atoms with Gasteiger partial charge in [-0.2, -0.15) is 0 Å². The van der Waals surface area contributed by atoms with Crippen LogP contribution in [0.15, 0.2) is 22.6 Å². The number of amides is 3. The van der Waals surface area contributed by atoms with Crippen LogP contribution in [0.2, 0.25) is 5.02 Å². The Hall–Kier alpha value is -3.00. The number of nitrogens with one attached hydrogen (secondary N) is 2. The topological polar surface area (TPSA) is 101 Å². The maximum absolute atomic E-state index is 13.8. The van der Waals surface area contributed by atoms with Crippen LogP contribution in [-0.4, -0.2) is 54.9 Å². The van der Waals surface area contributed by atoms with Gasteiger partial charge < -0.3 is 24.7 Å². The van der Waals surface area contributed by atoms with Gasteiger partial charge in [0, 0.05) is 30.1 Å². The van der Waals surface area contributed by atoms with Crippen LogP contribution in [-0.2, 0) is 17.6 Å². The third-order valence-electron chi connectivity index (χ3n) is 7.07. The van der Waals surface area contributed by atoms with E-state index in [4.69, 9.17) is 20.8 Å². The van der Waals surface area contributed by atoms with E-state index in [1.165, 1.54) is 0 Å². The van der Waals surface area contributed by atoms with Crippen molar-refractivity contribution in [1.82, 2.24) is 15.5 Å². The number of fused-ring (bicyclic) bond motifs is 2. The molecule has 0 bridgehead atoms. The average molecular weight is 544 g/mol. The first kappa shape index (κ1) is 28.0. The second kappa shape index (κ2) is 12.7. The van der Waals surface area contributed by atoms with Crippen LogP contribution < -0.4 is 15.4 Å². The molecular weight excluding hydrogens is 506 g/mol. The van der Waals surface area contributed by atoms with Crippen molar-refractivity contribution in [3.05, 3.63) is 51.4 Å². The Morgan fingerprint density at radius 2 is 1.95 bits per heavy atom. The maximum Gasteiger partial charge on any atom is 0.258 e. The molecule has 2 aliphatic rings. The van der Waals surface area contributed by atoms with Crippen molar-refractivity contribution in [2.45, 2.75) is 71.8 Å². The Bertz CT molecular complexity index is 1180. The monoisotopic (exact) mass is 543 g/mol. The summed E-state index contributed by atoms with van der Waals surface area (Å²) in [6.45, 7) is 6.94. The minimum Gasteiger partial charge on any atom is -0.491 e. The van der Waals surface area contributed by atoms with Crippen molar-refractivity contribution in [3.63, 3.8) is 0 Å². The molecule has 1 aromatic carbocycles. The number of nitrogens with zero attached hydrogens (tertiary/aromatic N) is 1. The number of carbonyl (C=O) groups is 3. The summed E-state index contributed by atoms with van der Waals surface area (Å²) in [5.41, 5.74) is 1.96. The number of aryl methyl sites for hydroxylation is 2. The molecule has 2 heterocycles. The molecule has 0 saturated heterocycles. The third kappa shape index (κ3) is 6.90. The molecule has 1 aliphatic heterocycles. The molecule has 0 fully saturated rings. The van der Waals surface area contributed by atoms with E-state index < -0.39 is 0 Å². The minimum absolute atomic E-state index is 0.0502. The molecule has 0 spiro atoms. The fraction of sp³-hybridized carbons (Fsp3) is 0.552. The normalized spacial score (nSPS) is 19.4. The van der Waals surface area contributed by atoms with Crippen molar-refractivity contribution in [3.8, 4) is 5.75 Å². The summed E-state index contributed by atoms with van der Waals surface area (Å²) in [5.74, 6) is 1.57. The summed E-state index contributed by atoms with van der Waals surface area (Å²) in [6.07, 6.45) is 5.70. The Morgan fingerprint density at radius 1 is 1.16 bits per heavy atom. The number of hydrogen-bond acceptors (Lipinski definition) is 5. The summed E-state index contributed by atoms with van der Waals surface area (Å²) in [5, 5.41) is 6.44. The molecule has 1 aromatic heterocycles. The first-order valence-corrected chi connectivity index (χ1v) is 14.0. The zero-order valence-electron chi connectivity index (χ0n) is 22.5. The molecule has 2 N–H and O–H groups in total. The van der Waals surface area contributed by atoms with Crippen molar-refractivity contribution in [2.24, 2.45) is 5.92 Å². The van der Waals surface area contributed by atoms with E-state index >= 15 is 0 Å². The largest absolute Gasteiger partial charge is 0.491 e. The predicted molar refractivity (Wildman–Crippen MR) is 146 cm³/mol. The van der Waals surface area contributed by atoms with Crippen LogP contribution >= 0.6 is 11.6 Å². The zero-order chi connectivity index (χ0) is 27.2. The van der Waals surface area contributed by atoms with Gasteiger partial charge in [0.1, 0.15) is 23.9 Å². The summed E-state index contributed by atoms with van der Waals surface area (Å²) in [6, 6.07) is 4.66. The predicted octanol–water partition coefficient (Wildman–Crippen LogP) is 4.70. The number of furan rings is 1. The molecular formula is C29H38ClN3O5. The minimum atomic E-state index is -0.292. The second-order valence-corrected chi connectivity index (χ2v) is 11.1. The number of rotatable bonds is 3. The number of ether oxygens (including phenoxy) is 1. The van der Waals surface area contributed by atoms with Gasteiger partial charge in [-0.05, 0) is 69.6 Å². The zero-order valence-corrected chi connectivity index (χ0v) is 23.3. The Kier molecular flexibility index (Phi) is 9.36. The molecule has 9 heteroatoms. The van der Waals surface area contributed by atoms with E-state index in [0.717, 1.165) is 37.0 Å². The number of benzene rings is 1. The molecule has 0 unspecified atom stereocenters. The van der Waals surface area contributed by atoms with Crippen molar-refractivity contribution in [1.29, 1.82) is 0 Å². The summed E-state index contributed by atoms with van der Waals surface area (Å²) in [7, 11) is 0. The van der Waals surface area contributed by atoms with E-state index in [2.05, 4.69) is 24.5 Å². The van der Waals surface area contributed by atoms with E-state index in [0.29, 0.717) is 65.9 Å². The first-order chi connectivity index (χ1) is 18.2. The maximum atomic E-state index is 13.8. The van der Waals surface area contributed by atoms with Gasteiger partial charge in [0.15, 0.2) is 0 Å². The standard InChI is InChI=1S/C29H38ClN3O5/c1-18(2)14-21-17-37-24-11-10-20(30)15-23(24)28(35)31-12-6-7-13-33(16-26(34)32-21)29(36)27-19(3)38-25-9-5-4-8-22(25)27/h10-11,15,18,21H,4-9,12-14,16-17H2,1-3H3,(H,31,35)(H,32,34)/t21-/m0/s1. The summed E-state index contributed by atoms with van der Waals surface area (Å²) < 4.78 is 12.0. The fourth-order valence-electron chi connectivity index (χ4n) is 5.30. The van der Waals surface area contributed by atoms with Crippen LogP contribution in [0.5, 0.6) is 5.75 Å². The van der Waals surface area contributed by atoms with E-state index in [1.807, 2.05) is 6.92 Å². The summed E-state index contributed by atoms with van der Waals surface area (Å²) in [4.78, 5) is 41.5. The van der Waals surface area contributed by atoms with Gasteiger partial charge in [0.2, 0.25) is 5.91 Å². The van der Waals surface area contributed by atoms with Crippen LogP contribution in [0, 0.1) is 12.8 Å². The second-order valence-electron chi connectivity index (χ2n) is 10.7. The number of hydrogen-bond donors (Lipinski definition) is 2. The highest BCUT2D eigenvalue weighted by atomic mass is 35.5. The quantitative estimate of drug-likeness (QED) is 0.584. The Labute approximate surface area is 229 Å². The van der Waals surface area contributed by atoms with Crippen molar-refractivity contribution < 1.29 is 23.5 Å². The van der Waals surface area contributed by atoms with Gasteiger partial charge in [-0.15, -0.1) is 0 Å². The van der Waals surface area contributed by atoms with Gasteiger partial charge in [0.25, 0.3) is 11.8 Å². The lowest BCUT2D eigenvalue weighted by Gasteiger charge is -2.26.